The monoisotopic (exact) mass is 229 g/mol. The van der Waals surface area contributed by atoms with Crippen molar-refractivity contribution >= 4 is 11.5 Å². The van der Waals surface area contributed by atoms with Crippen molar-refractivity contribution in [2.24, 2.45) is 4.99 Å². The second kappa shape index (κ2) is 3.99. The Labute approximate surface area is 101 Å². The molecule has 2 aliphatic rings. The van der Waals surface area contributed by atoms with E-state index >= 15 is 0 Å². The summed E-state index contributed by atoms with van der Waals surface area (Å²) in [7, 11) is 0. The molecule has 2 heterocycles. The van der Waals surface area contributed by atoms with Gasteiger partial charge in [-0.25, -0.2) is 0 Å². The predicted molar refractivity (Wildman–Crippen MR) is 65.9 cm³/mol. The smallest absolute Gasteiger partial charge is 0.159 e. The van der Waals surface area contributed by atoms with Crippen molar-refractivity contribution in [3.63, 3.8) is 0 Å². The van der Waals surface area contributed by atoms with Crippen LogP contribution in [0, 0.1) is 0 Å². The van der Waals surface area contributed by atoms with Crippen molar-refractivity contribution in [1.82, 2.24) is 0 Å². The summed E-state index contributed by atoms with van der Waals surface area (Å²) >= 11 is 0. The number of ketones is 1. The molecule has 0 N–H and O–H groups in total. The summed E-state index contributed by atoms with van der Waals surface area (Å²) in [6.45, 7) is 2.41. The number of carbonyl (C=O) groups excluding carboxylic acids is 1. The van der Waals surface area contributed by atoms with E-state index in [0.717, 1.165) is 37.3 Å². The van der Waals surface area contributed by atoms with Gasteiger partial charge in [-0.15, -0.1) is 0 Å². The van der Waals surface area contributed by atoms with Gasteiger partial charge in [-0.05, 0) is 37.0 Å². The lowest BCUT2D eigenvalue weighted by Crippen LogP contribution is -2.08. The number of carbonyl (C=O) groups is 1. The van der Waals surface area contributed by atoms with Crippen LogP contribution in [-0.2, 0) is 17.6 Å². The van der Waals surface area contributed by atoms with Crippen LogP contribution in [0.4, 0.5) is 0 Å². The van der Waals surface area contributed by atoms with E-state index in [-0.39, 0.29) is 11.8 Å². The highest BCUT2D eigenvalue weighted by Gasteiger charge is 2.30. The molecule has 0 fully saturated rings. The highest BCUT2D eigenvalue weighted by molar-refractivity contribution is 6.17. The first-order valence-electron chi connectivity index (χ1n) is 6.05. The van der Waals surface area contributed by atoms with Gasteiger partial charge in [-0.3, -0.25) is 9.79 Å². The van der Waals surface area contributed by atoms with Crippen LogP contribution in [0.3, 0.4) is 0 Å². The van der Waals surface area contributed by atoms with Gasteiger partial charge in [0.05, 0.1) is 6.61 Å². The average molecular weight is 229 g/mol. The molecule has 0 aliphatic carbocycles. The van der Waals surface area contributed by atoms with Crippen molar-refractivity contribution in [2.45, 2.75) is 32.2 Å². The Kier molecular flexibility index (Phi) is 2.46. The Morgan fingerprint density at radius 3 is 3.12 bits per heavy atom. The Bertz CT molecular complexity index is 505. The summed E-state index contributed by atoms with van der Waals surface area (Å²) in [5.74, 6) is 1.20. The van der Waals surface area contributed by atoms with Gasteiger partial charge < -0.3 is 4.74 Å². The van der Waals surface area contributed by atoms with Crippen molar-refractivity contribution in [2.75, 3.05) is 6.61 Å². The molecule has 0 amide bonds. The number of Topliss-reactive ketones (excluding diaryl/α,β-unsaturated/α-hetero) is 1. The molecule has 3 rings (SSSR count). The fourth-order valence-corrected chi connectivity index (χ4v) is 2.32. The molecule has 0 saturated heterocycles. The summed E-state index contributed by atoms with van der Waals surface area (Å²) in [6.07, 6.45) is 2.89. The molecule has 0 saturated carbocycles. The molecule has 0 radical (unpaired) electrons. The quantitative estimate of drug-likeness (QED) is 0.791. The number of hydrogen-bond acceptors (Lipinski definition) is 3. The molecular weight excluding hydrogens is 214 g/mol. The summed E-state index contributed by atoms with van der Waals surface area (Å²) in [5.41, 5.74) is 3.68. The number of aryl methyl sites for hydroxylation is 1. The molecule has 0 bridgehead atoms. The highest BCUT2D eigenvalue weighted by Crippen LogP contribution is 2.27. The molecule has 0 spiro atoms. The number of hydrogen-bond donors (Lipinski definition) is 0. The second-order valence-corrected chi connectivity index (χ2v) is 4.67. The number of ether oxygens (including phenoxy) is 1. The topological polar surface area (TPSA) is 38.7 Å². The van der Waals surface area contributed by atoms with Gasteiger partial charge in [0.2, 0.25) is 0 Å². The maximum atomic E-state index is 11.1. The van der Waals surface area contributed by atoms with Gasteiger partial charge in [0, 0.05) is 12.1 Å². The van der Waals surface area contributed by atoms with E-state index in [1.165, 1.54) is 11.1 Å². The Morgan fingerprint density at radius 2 is 2.35 bits per heavy atom. The summed E-state index contributed by atoms with van der Waals surface area (Å²) in [6, 6.07) is 6.28. The number of nitrogens with zero attached hydrogens (tertiary/aromatic N) is 1. The maximum Gasteiger partial charge on any atom is 0.159 e. The minimum Gasteiger partial charge on any atom is -0.493 e. The van der Waals surface area contributed by atoms with E-state index in [1.54, 1.807) is 6.92 Å². The molecule has 1 aromatic rings. The van der Waals surface area contributed by atoms with Crippen LogP contribution >= 0.6 is 0 Å². The highest BCUT2D eigenvalue weighted by atomic mass is 16.5. The molecule has 3 nitrogen and oxygen atoms in total. The summed E-state index contributed by atoms with van der Waals surface area (Å²) < 4.78 is 5.47. The zero-order valence-electron chi connectivity index (χ0n) is 9.90. The van der Waals surface area contributed by atoms with Crippen LogP contribution in [0.1, 0.15) is 24.5 Å². The number of benzene rings is 1. The van der Waals surface area contributed by atoms with E-state index < -0.39 is 0 Å². The van der Waals surface area contributed by atoms with Gasteiger partial charge in [-0.2, -0.15) is 0 Å². The van der Waals surface area contributed by atoms with Crippen LogP contribution in [0.15, 0.2) is 23.2 Å². The minimum absolute atomic E-state index is 0.0900. The Morgan fingerprint density at radius 1 is 1.47 bits per heavy atom. The molecule has 2 aliphatic heterocycles. The normalized spacial score (nSPS) is 20.5. The van der Waals surface area contributed by atoms with E-state index in [4.69, 9.17) is 4.74 Å². The standard InChI is InChI=1S/C14H15NO2/c1-9(16)14-12(15-14)4-2-10-3-5-13-11(8-10)6-7-17-13/h3,5,8,14H,2,4,6-7H2,1H3. The van der Waals surface area contributed by atoms with Crippen molar-refractivity contribution in [3.05, 3.63) is 29.3 Å². The SMILES string of the molecule is CC(=O)C1N=C1CCc1ccc2c(c1)CCO2. The van der Waals surface area contributed by atoms with Gasteiger partial charge in [-0.1, -0.05) is 12.1 Å². The first kappa shape index (κ1) is 10.5. The number of fused-ring (bicyclic) bond motifs is 1. The van der Waals surface area contributed by atoms with Crippen LogP contribution in [-0.4, -0.2) is 24.1 Å². The largest absolute Gasteiger partial charge is 0.493 e. The third-order valence-corrected chi connectivity index (χ3v) is 3.35. The van der Waals surface area contributed by atoms with E-state index in [1.807, 2.05) is 0 Å². The van der Waals surface area contributed by atoms with Crippen molar-refractivity contribution in [3.8, 4) is 5.75 Å². The third kappa shape index (κ3) is 2.09. The lowest BCUT2D eigenvalue weighted by Gasteiger charge is -2.02. The molecule has 88 valence electrons. The second-order valence-electron chi connectivity index (χ2n) is 4.67. The molecule has 1 aromatic carbocycles. The summed E-state index contributed by atoms with van der Waals surface area (Å²) in [5, 5.41) is 0. The minimum atomic E-state index is -0.0900. The number of aliphatic imine (C=N–C) groups is 1. The van der Waals surface area contributed by atoms with Gasteiger partial charge in [0.25, 0.3) is 0 Å². The summed E-state index contributed by atoms with van der Waals surface area (Å²) in [4.78, 5) is 15.2. The molecule has 0 aromatic heterocycles. The lowest BCUT2D eigenvalue weighted by molar-refractivity contribution is -0.116. The van der Waals surface area contributed by atoms with E-state index in [2.05, 4.69) is 23.2 Å². The van der Waals surface area contributed by atoms with E-state index in [9.17, 15) is 4.79 Å². The number of rotatable bonds is 4. The Balaban J connectivity index is 1.59. The average Bonchev–Trinajstić information content (AvgIpc) is 2.95. The third-order valence-electron chi connectivity index (χ3n) is 3.35. The Hall–Kier alpha value is -1.64. The van der Waals surface area contributed by atoms with Crippen LogP contribution < -0.4 is 4.74 Å². The molecule has 1 unspecified atom stereocenters. The zero-order valence-corrected chi connectivity index (χ0v) is 9.90. The molecule has 1 atom stereocenters. The molecule has 3 heteroatoms. The fourth-order valence-electron chi connectivity index (χ4n) is 2.32. The van der Waals surface area contributed by atoms with Crippen LogP contribution in [0.25, 0.3) is 0 Å². The van der Waals surface area contributed by atoms with E-state index in [0.29, 0.717) is 0 Å². The van der Waals surface area contributed by atoms with Gasteiger partial charge >= 0.3 is 0 Å². The van der Waals surface area contributed by atoms with Gasteiger partial charge in [0.1, 0.15) is 11.8 Å². The molecule has 17 heavy (non-hydrogen) atoms. The predicted octanol–water partition coefficient (Wildman–Crippen LogP) is 1.97. The van der Waals surface area contributed by atoms with Gasteiger partial charge in [0.15, 0.2) is 5.78 Å². The van der Waals surface area contributed by atoms with Crippen LogP contribution in [0.5, 0.6) is 5.75 Å². The fraction of sp³-hybridized carbons (Fsp3) is 0.429. The van der Waals surface area contributed by atoms with Crippen molar-refractivity contribution < 1.29 is 9.53 Å². The maximum absolute atomic E-state index is 11.1. The lowest BCUT2D eigenvalue weighted by atomic mass is 10.0. The molecular formula is C14H15NO2. The van der Waals surface area contributed by atoms with Crippen molar-refractivity contribution in [1.29, 1.82) is 0 Å². The first-order valence-corrected chi connectivity index (χ1v) is 6.05. The first-order chi connectivity index (χ1) is 8.24. The van der Waals surface area contributed by atoms with Crippen LogP contribution in [0.2, 0.25) is 0 Å². The zero-order chi connectivity index (χ0) is 11.8.